The molecule has 1 aliphatic rings. The molecule has 0 bridgehead atoms. The molecule has 8 nitrogen and oxygen atoms in total. The number of carbonyl (C=O) groups is 3. The van der Waals surface area contributed by atoms with Gasteiger partial charge in [0.15, 0.2) is 0 Å². The van der Waals surface area contributed by atoms with Crippen molar-refractivity contribution in [1.29, 1.82) is 0 Å². The van der Waals surface area contributed by atoms with Gasteiger partial charge in [0.25, 0.3) is 0 Å². The smallest absolute Gasteiger partial charge is 0.330 e. The molecule has 1 aliphatic heterocycles. The maximum Gasteiger partial charge on any atom is 0.330 e. The van der Waals surface area contributed by atoms with Crippen molar-refractivity contribution in [1.82, 2.24) is 0 Å². The fraction of sp³-hybridized carbons (Fsp3) is 0.562. The van der Waals surface area contributed by atoms with Gasteiger partial charge in [0.1, 0.15) is 30.5 Å². The molecular formula is C16H22O8. The highest BCUT2D eigenvalue weighted by Gasteiger charge is 2.21. The number of hydrogen-bond donors (Lipinski definition) is 2. The van der Waals surface area contributed by atoms with Gasteiger partial charge in [0, 0.05) is 12.2 Å². The van der Waals surface area contributed by atoms with Gasteiger partial charge in [-0.2, -0.15) is 0 Å². The SMILES string of the molecule is CC1CC(=O)O[C@@H](C)[C@@H](O)/C=C/C(=O)O[C@@H](C)[C@H](O)/C=C/C(=O)O1. The predicted molar refractivity (Wildman–Crippen MR) is 81.6 cm³/mol. The van der Waals surface area contributed by atoms with E-state index in [9.17, 15) is 24.6 Å². The summed E-state index contributed by atoms with van der Waals surface area (Å²) in [5.74, 6) is -2.22. The molecule has 1 heterocycles. The van der Waals surface area contributed by atoms with Gasteiger partial charge < -0.3 is 24.4 Å². The standard InChI is InChI=1S/C16H22O8/c1-9-8-16(21)24-11(3)13(18)5-7-15(20)23-10(2)12(17)4-6-14(19)22-9/h4-7,9-13,17-18H,8H2,1-3H3/b6-4+,7-5+/t9?,10-,11-,12+,13-/m0/s1. The van der Waals surface area contributed by atoms with Crippen LogP contribution in [-0.4, -0.2) is 58.6 Å². The average Bonchev–Trinajstić information content (AvgIpc) is 2.48. The quantitative estimate of drug-likeness (QED) is 0.467. The molecule has 0 radical (unpaired) electrons. The maximum absolute atomic E-state index is 11.7. The van der Waals surface area contributed by atoms with Crippen LogP contribution >= 0.6 is 0 Å². The van der Waals surface area contributed by atoms with Crippen LogP contribution < -0.4 is 0 Å². The Bertz CT molecular complexity index is 524. The molecule has 24 heavy (non-hydrogen) atoms. The third-order valence-electron chi connectivity index (χ3n) is 3.21. The van der Waals surface area contributed by atoms with Crippen LogP contribution in [0.1, 0.15) is 27.2 Å². The Labute approximate surface area is 139 Å². The molecule has 8 heteroatoms. The maximum atomic E-state index is 11.7. The predicted octanol–water partition coefficient (Wildman–Crippen LogP) is 0.0194. The van der Waals surface area contributed by atoms with E-state index in [1.54, 1.807) is 0 Å². The van der Waals surface area contributed by atoms with E-state index in [-0.39, 0.29) is 6.42 Å². The van der Waals surface area contributed by atoms with Gasteiger partial charge in [0.2, 0.25) is 0 Å². The Morgan fingerprint density at radius 2 is 1.29 bits per heavy atom. The van der Waals surface area contributed by atoms with Crippen molar-refractivity contribution >= 4 is 17.9 Å². The van der Waals surface area contributed by atoms with E-state index in [1.807, 2.05) is 0 Å². The van der Waals surface area contributed by atoms with Crippen LogP contribution in [0.5, 0.6) is 0 Å². The first kappa shape index (κ1) is 19.9. The van der Waals surface area contributed by atoms with E-state index in [4.69, 9.17) is 14.2 Å². The van der Waals surface area contributed by atoms with Crippen LogP contribution in [0.25, 0.3) is 0 Å². The molecule has 0 saturated heterocycles. The van der Waals surface area contributed by atoms with Crippen molar-refractivity contribution in [3.63, 3.8) is 0 Å². The zero-order valence-corrected chi connectivity index (χ0v) is 13.7. The molecule has 0 aliphatic carbocycles. The summed E-state index contributed by atoms with van der Waals surface area (Å²) in [4.78, 5) is 34.9. The van der Waals surface area contributed by atoms with Crippen LogP contribution in [0.15, 0.2) is 24.3 Å². The van der Waals surface area contributed by atoms with E-state index in [2.05, 4.69) is 0 Å². The number of aliphatic hydroxyl groups excluding tert-OH is 2. The Balaban J connectivity index is 2.91. The second kappa shape index (κ2) is 9.19. The van der Waals surface area contributed by atoms with E-state index < -0.39 is 48.4 Å². The fourth-order valence-electron chi connectivity index (χ4n) is 1.80. The first-order chi connectivity index (χ1) is 11.2. The van der Waals surface area contributed by atoms with Crippen LogP contribution in [0.3, 0.4) is 0 Å². The summed E-state index contributed by atoms with van der Waals surface area (Å²) >= 11 is 0. The summed E-state index contributed by atoms with van der Waals surface area (Å²) in [5.41, 5.74) is 0. The van der Waals surface area contributed by atoms with Crippen LogP contribution in [0, 0.1) is 0 Å². The van der Waals surface area contributed by atoms with Gasteiger partial charge in [-0.1, -0.05) is 0 Å². The molecule has 0 aromatic heterocycles. The van der Waals surface area contributed by atoms with Gasteiger partial charge in [-0.25, -0.2) is 9.59 Å². The summed E-state index contributed by atoms with van der Waals surface area (Å²) < 4.78 is 14.9. The lowest BCUT2D eigenvalue weighted by Gasteiger charge is -2.19. The zero-order chi connectivity index (χ0) is 18.3. The molecule has 0 saturated carbocycles. The minimum absolute atomic E-state index is 0.193. The van der Waals surface area contributed by atoms with Crippen molar-refractivity contribution in [2.75, 3.05) is 0 Å². The minimum Gasteiger partial charge on any atom is -0.459 e. The molecule has 0 aromatic carbocycles. The number of aliphatic hydroxyl groups is 2. The van der Waals surface area contributed by atoms with Gasteiger partial charge >= 0.3 is 17.9 Å². The highest BCUT2D eigenvalue weighted by atomic mass is 16.6. The Hall–Kier alpha value is -2.19. The third-order valence-corrected chi connectivity index (χ3v) is 3.21. The second-order valence-electron chi connectivity index (χ2n) is 5.49. The van der Waals surface area contributed by atoms with Crippen LogP contribution in [0.4, 0.5) is 0 Å². The lowest BCUT2D eigenvalue weighted by Crippen LogP contribution is -2.30. The van der Waals surface area contributed by atoms with Crippen molar-refractivity contribution in [2.45, 2.75) is 57.7 Å². The van der Waals surface area contributed by atoms with Gasteiger partial charge in [-0.3, -0.25) is 4.79 Å². The Morgan fingerprint density at radius 1 is 0.833 bits per heavy atom. The largest absolute Gasteiger partial charge is 0.459 e. The normalized spacial score (nSPS) is 36.2. The molecule has 1 rings (SSSR count). The van der Waals surface area contributed by atoms with Crippen molar-refractivity contribution < 1.29 is 38.8 Å². The summed E-state index contributed by atoms with van der Waals surface area (Å²) in [6.07, 6.45) is -0.961. The third kappa shape index (κ3) is 6.93. The van der Waals surface area contributed by atoms with Crippen molar-refractivity contribution in [2.24, 2.45) is 0 Å². The number of hydrogen-bond acceptors (Lipinski definition) is 8. The summed E-state index contributed by atoms with van der Waals surface area (Å²) in [7, 11) is 0. The van der Waals surface area contributed by atoms with Gasteiger partial charge in [0.05, 0.1) is 6.42 Å². The van der Waals surface area contributed by atoms with Crippen LogP contribution in [-0.2, 0) is 28.6 Å². The lowest BCUT2D eigenvalue weighted by atomic mass is 10.2. The summed E-state index contributed by atoms with van der Waals surface area (Å²) in [6, 6.07) is 0. The molecule has 2 N–H and O–H groups in total. The number of carbonyl (C=O) groups excluding carboxylic acids is 3. The monoisotopic (exact) mass is 342 g/mol. The van der Waals surface area contributed by atoms with E-state index in [0.717, 1.165) is 24.3 Å². The molecular weight excluding hydrogens is 320 g/mol. The molecule has 1 unspecified atom stereocenters. The molecule has 0 fully saturated rings. The molecule has 134 valence electrons. The molecule has 0 amide bonds. The molecule has 5 atom stereocenters. The average molecular weight is 342 g/mol. The first-order valence-electron chi connectivity index (χ1n) is 7.52. The Kier molecular flexibility index (Phi) is 7.60. The van der Waals surface area contributed by atoms with E-state index >= 15 is 0 Å². The minimum atomic E-state index is -1.22. The summed E-state index contributed by atoms with van der Waals surface area (Å²) in [5, 5.41) is 19.6. The van der Waals surface area contributed by atoms with Crippen molar-refractivity contribution in [3.05, 3.63) is 24.3 Å². The van der Waals surface area contributed by atoms with E-state index in [1.165, 1.54) is 20.8 Å². The topological polar surface area (TPSA) is 119 Å². The van der Waals surface area contributed by atoms with Crippen LogP contribution in [0.2, 0.25) is 0 Å². The Morgan fingerprint density at radius 3 is 1.83 bits per heavy atom. The number of esters is 3. The number of cyclic esters (lactones) is 3. The number of ether oxygens (including phenoxy) is 3. The second-order valence-corrected chi connectivity index (χ2v) is 5.49. The zero-order valence-electron chi connectivity index (χ0n) is 13.7. The van der Waals surface area contributed by atoms with E-state index in [0.29, 0.717) is 0 Å². The molecule has 0 spiro atoms. The first-order valence-corrected chi connectivity index (χ1v) is 7.52. The molecule has 0 aromatic rings. The number of rotatable bonds is 0. The van der Waals surface area contributed by atoms with Crippen molar-refractivity contribution in [3.8, 4) is 0 Å². The highest BCUT2D eigenvalue weighted by Crippen LogP contribution is 2.08. The fourth-order valence-corrected chi connectivity index (χ4v) is 1.80. The lowest BCUT2D eigenvalue weighted by molar-refractivity contribution is -0.157. The highest BCUT2D eigenvalue weighted by molar-refractivity contribution is 5.83. The summed E-state index contributed by atoms with van der Waals surface area (Å²) in [6.45, 7) is 4.41. The van der Waals surface area contributed by atoms with Gasteiger partial charge in [-0.15, -0.1) is 0 Å². The van der Waals surface area contributed by atoms with Gasteiger partial charge in [-0.05, 0) is 32.9 Å².